The molecule has 78 valence electrons. The van der Waals surface area contributed by atoms with Crippen LogP contribution in [0, 0.1) is 13.8 Å². The van der Waals surface area contributed by atoms with E-state index in [1.165, 1.54) is 0 Å². The second-order valence-corrected chi connectivity index (χ2v) is 4.22. The molecule has 1 aliphatic rings. The third-order valence-electron chi connectivity index (χ3n) is 3.28. The predicted octanol–water partition coefficient (Wildman–Crippen LogP) is 1.13. The molecule has 3 rings (SSSR count). The van der Waals surface area contributed by atoms with Crippen LogP contribution in [0.4, 0.5) is 0 Å². The van der Waals surface area contributed by atoms with Crippen molar-refractivity contribution in [2.75, 3.05) is 0 Å². The van der Waals surface area contributed by atoms with Gasteiger partial charge in [-0.3, -0.25) is 9.89 Å². The van der Waals surface area contributed by atoms with Crippen LogP contribution in [-0.2, 0) is 12.8 Å². The van der Waals surface area contributed by atoms with Crippen LogP contribution in [-0.4, -0.2) is 14.6 Å². The summed E-state index contributed by atoms with van der Waals surface area (Å²) < 4.78 is 1.58. The van der Waals surface area contributed by atoms with Crippen LogP contribution in [0.15, 0.2) is 4.79 Å². The van der Waals surface area contributed by atoms with E-state index >= 15 is 0 Å². The topological polar surface area (TPSA) is 50.2 Å². The molecule has 0 fully saturated rings. The molecule has 1 aliphatic carbocycles. The summed E-state index contributed by atoms with van der Waals surface area (Å²) in [5, 5.41) is 3.07. The molecule has 0 radical (unpaired) electrons. The van der Waals surface area contributed by atoms with Crippen molar-refractivity contribution in [1.29, 1.82) is 0 Å². The molecule has 0 saturated carbocycles. The summed E-state index contributed by atoms with van der Waals surface area (Å²) in [5.74, 6) is 0. The molecule has 0 amide bonds. The minimum atomic E-state index is 0.0868. The second-order valence-electron chi connectivity index (χ2n) is 4.22. The van der Waals surface area contributed by atoms with Gasteiger partial charge in [-0.1, -0.05) is 0 Å². The average molecular weight is 203 g/mol. The highest BCUT2D eigenvalue weighted by molar-refractivity contribution is 5.50. The molecule has 0 atom stereocenters. The minimum Gasteiger partial charge on any atom is -0.294 e. The molecule has 0 aliphatic heterocycles. The highest BCUT2D eigenvalue weighted by Gasteiger charge is 2.19. The Kier molecular flexibility index (Phi) is 1.58. The molecule has 4 heteroatoms. The van der Waals surface area contributed by atoms with Crippen LogP contribution < -0.4 is 5.56 Å². The standard InChI is InChI=1S/C11H13N3O/c1-6-7(2)13-14-10(6)12-9-5-3-4-8(9)11(14)15/h13H,3-5H2,1-2H3. The average Bonchev–Trinajstić information content (AvgIpc) is 2.77. The van der Waals surface area contributed by atoms with E-state index in [2.05, 4.69) is 10.1 Å². The summed E-state index contributed by atoms with van der Waals surface area (Å²) in [6, 6.07) is 0. The van der Waals surface area contributed by atoms with Crippen LogP contribution in [0.25, 0.3) is 5.65 Å². The lowest BCUT2D eigenvalue weighted by atomic mass is 10.2. The Balaban J connectivity index is 2.51. The molecule has 2 heterocycles. The zero-order chi connectivity index (χ0) is 10.6. The van der Waals surface area contributed by atoms with E-state index in [1.807, 2.05) is 13.8 Å². The van der Waals surface area contributed by atoms with E-state index in [4.69, 9.17) is 0 Å². The Labute approximate surface area is 86.9 Å². The Morgan fingerprint density at radius 2 is 2.13 bits per heavy atom. The van der Waals surface area contributed by atoms with E-state index in [0.29, 0.717) is 0 Å². The fourth-order valence-corrected chi connectivity index (χ4v) is 2.27. The van der Waals surface area contributed by atoms with Crippen LogP contribution in [0.5, 0.6) is 0 Å². The van der Waals surface area contributed by atoms with Crippen LogP contribution >= 0.6 is 0 Å². The molecular weight excluding hydrogens is 190 g/mol. The molecule has 4 nitrogen and oxygen atoms in total. The quantitative estimate of drug-likeness (QED) is 0.697. The van der Waals surface area contributed by atoms with Gasteiger partial charge in [0, 0.05) is 16.8 Å². The third kappa shape index (κ3) is 1.02. The minimum absolute atomic E-state index is 0.0868. The number of aryl methyl sites for hydroxylation is 3. The van der Waals surface area contributed by atoms with Gasteiger partial charge in [0.15, 0.2) is 5.65 Å². The van der Waals surface area contributed by atoms with Crippen molar-refractivity contribution in [2.24, 2.45) is 0 Å². The first-order chi connectivity index (χ1) is 7.18. The summed E-state index contributed by atoms with van der Waals surface area (Å²) >= 11 is 0. The van der Waals surface area contributed by atoms with E-state index in [9.17, 15) is 4.79 Å². The van der Waals surface area contributed by atoms with Gasteiger partial charge >= 0.3 is 0 Å². The maximum absolute atomic E-state index is 12.1. The molecule has 2 aromatic heterocycles. The number of aromatic amines is 1. The number of rotatable bonds is 0. The Bertz CT molecular complexity index is 606. The predicted molar refractivity (Wildman–Crippen MR) is 57.3 cm³/mol. The molecule has 1 N–H and O–H groups in total. The molecule has 0 unspecified atom stereocenters. The maximum Gasteiger partial charge on any atom is 0.276 e. The SMILES string of the molecule is Cc1[nH]n2c(=O)c3c(nc2c1C)CCC3. The summed E-state index contributed by atoms with van der Waals surface area (Å²) in [6.45, 7) is 3.96. The largest absolute Gasteiger partial charge is 0.294 e. The number of hydrogen-bond donors (Lipinski definition) is 1. The number of aromatic nitrogens is 3. The van der Waals surface area contributed by atoms with Gasteiger partial charge in [-0.2, -0.15) is 0 Å². The van der Waals surface area contributed by atoms with Gasteiger partial charge in [0.2, 0.25) is 0 Å². The van der Waals surface area contributed by atoms with Crippen molar-refractivity contribution in [3.63, 3.8) is 0 Å². The molecule has 0 aromatic carbocycles. The lowest BCUT2D eigenvalue weighted by Crippen LogP contribution is -2.20. The van der Waals surface area contributed by atoms with Crippen LogP contribution in [0.2, 0.25) is 0 Å². The fraction of sp³-hybridized carbons (Fsp3) is 0.455. The second kappa shape index (κ2) is 2.72. The van der Waals surface area contributed by atoms with E-state index < -0.39 is 0 Å². The van der Waals surface area contributed by atoms with Gasteiger partial charge in [-0.05, 0) is 33.1 Å². The van der Waals surface area contributed by atoms with Crippen molar-refractivity contribution in [1.82, 2.24) is 14.6 Å². The summed E-state index contributed by atoms with van der Waals surface area (Å²) in [7, 11) is 0. The lowest BCUT2D eigenvalue weighted by molar-refractivity contribution is 0.856. The summed E-state index contributed by atoms with van der Waals surface area (Å²) in [5.41, 5.74) is 4.86. The van der Waals surface area contributed by atoms with Crippen LogP contribution in [0.3, 0.4) is 0 Å². The summed E-state index contributed by atoms with van der Waals surface area (Å²) in [6.07, 6.45) is 2.88. The normalized spacial score (nSPS) is 14.8. The first kappa shape index (κ1) is 8.71. The molecule has 0 bridgehead atoms. The highest BCUT2D eigenvalue weighted by atomic mass is 16.1. The van der Waals surface area contributed by atoms with Crippen molar-refractivity contribution in [2.45, 2.75) is 33.1 Å². The monoisotopic (exact) mass is 203 g/mol. The Hall–Kier alpha value is -1.58. The van der Waals surface area contributed by atoms with Crippen LogP contribution in [0.1, 0.15) is 28.9 Å². The molecule has 0 saturated heterocycles. The van der Waals surface area contributed by atoms with Crippen molar-refractivity contribution in [3.8, 4) is 0 Å². The number of nitrogens with zero attached hydrogens (tertiary/aromatic N) is 2. The zero-order valence-electron chi connectivity index (χ0n) is 8.92. The number of fused-ring (bicyclic) bond motifs is 2. The first-order valence-corrected chi connectivity index (χ1v) is 5.28. The fourth-order valence-electron chi connectivity index (χ4n) is 2.27. The van der Waals surface area contributed by atoms with Gasteiger partial charge in [0.1, 0.15) is 0 Å². The Morgan fingerprint density at radius 3 is 2.93 bits per heavy atom. The van der Waals surface area contributed by atoms with Gasteiger partial charge < -0.3 is 0 Å². The number of hydrogen-bond acceptors (Lipinski definition) is 2. The highest BCUT2D eigenvalue weighted by Crippen LogP contribution is 2.19. The lowest BCUT2D eigenvalue weighted by Gasteiger charge is -1.99. The van der Waals surface area contributed by atoms with Crippen molar-refractivity contribution < 1.29 is 0 Å². The zero-order valence-corrected chi connectivity index (χ0v) is 8.92. The van der Waals surface area contributed by atoms with Crippen molar-refractivity contribution in [3.05, 3.63) is 32.9 Å². The number of H-pyrrole nitrogens is 1. The maximum atomic E-state index is 12.1. The smallest absolute Gasteiger partial charge is 0.276 e. The van der Waals surface area contributed by atoms with Gasteiger partial charge in [-0.25, -0.2) is 9.50 Å². The van der Waals surface area contributed by atoms with E-state index in [-0.39, 0.29) is 5.56 Å². The van der Waals surface area contributed by atoms with Gasteiger partial charge in [0.05, 0.1) is 5.69 Å². The molecule has 2 aromatic rings. The first-order valence-electron chi connectivity index (χ1n) is 5.28. The molecule has 15 heavy (non-hydrogen) atoms. The van der Waals surface area contributed by atoms with Crippen molar-refractivity contribution >= 4 is 5.65 Å². The van der Waals surface area contributed by atoms with E-state index in [1.54, 1.807) is 4.52 Å². The van der Waals surface area contributed by atoms with Gasteiger partial charge in [0.25, 0.3) is 5.56 Å². The molecule has 0 spiro atoms. The van der Waals surface area contributed by atoms with Gasteiger partial charge in [-0.15, -0.1) is 0 Å². The number of nitrogens with one attached hydrogen (secondary N) is 1. The summed E-state index contributed by atoms with van der Waals surface area (Å²) in [4.78, 5) is 16.6. The third-order valence-corrected chi connectivity index (χ3v) is 3.28. The van der Waals surface area contributed by atoms with E-state index in [0.717, 1.165) is 47.4 Å². The Morgan fingerprint density at radius 1 is 1.33 bits per heavy atom. The molecular formula is C11H13N3O.